The van der Waals surface area contributed by atoms with Crippen molar-refractivity contribution in [2.45, 2.75) is 19.9 Å². The summed E-state index contributed by atoms with van der Waals surface area (Å²) in [6, 6.07) is 5.89. The van der Waals surface area contributed by atoms with E-state index in [9.17, 15) is 0 Å². The van der Waals surface area contributed by atoms with Gasteiger partial charge in [-0.05, 0) is 18.1 Å². The molecule has 1 rings (SSSR count). The summed E-state index contributed by atoms with van der Waals surface area (Å²) < 4.78 is 0. The van der Waals surface area contributed by atoms with Crippen molar-refractivity contribution in [1.82, 2.24) is 4.98 Å². The summed E-state index contributed by atoms with van der Waals surface area (Å²) in [6.45, 7) is 4.19. The van der Waals surface area contributed by atoms with Gasteiger partial charge in [-0.15, -0.1) is 12.4 Å². The van der Waals surface area contributed by atoms with Gasteiger partial charge in [-0.2, -0.15) is 0 Å². The Bertz CT molecular complexity index is 211. The van der Waals surface area contributed by atoms with Crippen molar-refractivity contribution in [2.75, 3.05) is 0 Å². The number of nitrogens with two attached hydrogens (primary N) is 1. The second kappa shape index (κ2) is 5.12. The maximum atomic E-state index is 5.88. The molecular formula is C9H15ClN2. The fourth-order valence-corrected chi connectivity index (χ4v) is 0.915. The number of pyridine rings is 1. The standard InChI is InChI=1S/C9H14N2.ClH/c1-7(2)9(10)8-5-3-4-6-11-8;/h3-7,9H,10H2,1-2H3;1H/t9-;/m0./s1. The number of hydrogen-bond donors (Lipinski definition) is 1. The summed E-state index contributed by atoms with van der Waals surface area (Å²) in [4.78, 5) is 4.17. The monoisotopic (exact) mass is 186 g/mol. The van der Waals surface area contributed by atoms with Crippen molar-refractivity contribution >= 4 is 12.4 Å². The van der Waals surface area contributed by atoms with Crippen LogP contribution in [-0.2, 0) is 0 Å². The van der Waals surface area contributed by atoms with Crippen LogP contribution in [0, 0.1) is 5.92 Å². The number of aromatic nitrogens is 1. The zero-order valence-corrected chi connectivity index (χ0v) is 8.21. The van der Waals surface area contributed by atoms with Gasteiger partial charge in [0.05, 0.1) is 5.69 Å². The quantitative estimate of drug-likeness (QED) is 0.769. The van der Waals surface area contributed by atoms with Gasteiger partial charge in [-0.25, -0.2) is 0 Å². The average Bonchev–Trinajstić information content (AvgIpc) is 2.05. The highest BCUT2D eigenvalue weighted by Gasteiger charge is 2.09. The molecule has 0 aromatic carbocycles. The van der Waals surface area contributed by atoms with E-state index < -0.39 is 0 Å². The van der Waals surface area contributed by atoms with E-state index in [1.54, 1.807) is 6.20 Å². The third-order valence-electron chi connectivity index (χ3n) is 1.75. The Morgan fingerprint density at radius 2 is 2.00 bits per heavy atom. The third kappa shape index (κ3) is 2.80. The van der Waals surface area contributed by atoms with Gasteiger partial charge in [0.15, 0.2) is 0 Å². The second-order valence-electron chi connectivity index (χ2n) is 3.02. The predicted molar refractivity (Wildman–Crippen MR) is 53.3 cm³/mol. The van der Waals surface area contributed by atoms with E-state index in [0.717, 1.165) is 5.69 Å². The summed E-state index contributed by atoms with van der Waals surface area (Å²) in [7, 11) is 0. The van der Waals surface area contributed by atoms with E-state index in [1.165, 1.54) is 0 Å². The highest BCUT2D eigenvalue weighted by Crippen LogP contribution is 2.15. The highest BCUT2D eigenvalue weighted by atomic mass is 35.5. The minimum absolute atomic E-state index is 0. The number of nitrogens with zero attached hydrogens (tertiary/aromatic N) is 1. The first-order valence-corrected chi connectivity index (χ1v) is 3.88. The Kier molecular flexibility index (Phi) is 4.86. The molecule has 1 heterocycles. The van der Waals surface area contributed by atoms with Crippen molar-refractivity contribution < 1.29 is 0 Å². The third-order valence-corrected chi connectivity index (χ3v) is 1.75. The minimum atomic E-state index is 0. The minimum Gasteiger partial charge on any atom is -0.322 e. The molecule has 0 aliphatic carbocycles. The Hall–Kier alpha value is -0.600. The molecule has 0 unspecified atom stereocenters. The van der Waals surface area contributed by atoms with Crippen LogP contribution in [0.15, 0.2) is 24.4 Å². The van der Waals surface area contributed by atoms with Gasteiger partial charge in [0.25, 0.3) is 0 Å². The molecule has 12 heavy (non-hydrogen) atoms. The Labute approximate surface area is 79.6 Å². The molecule has 2 nitrogen and oxygen atoms in total. The molecule has 0 spiro atoms. The second-order valence-corrected chi connectivity index (χ2v) is 3.02. The smallest absolute Gasteiger partial charge is 0.0573 e. The maximum Gasteiger partial charge on any atom is 0.0573 e. The molecule has 1 aromatic rings. The van der Waals surface area contributed by atoms with Gasteiger partial charge in [0.1, 0.15) is 0 Å². The van der Waals surface area contributed by atoms with Crippen LogP contribution >= 0.6 is 12.4 Å². The zero-order chi connectivity index (χ0) is 8.27. The Morgan fingerprint density at radius 1 is 1.33 bits per heavy atom. The fraction of sp³-hybridized carbons (Fsp3) is 0.444. The topological polar surface area (TPSA) is 38.9 Å². The summed E-state index contributed by atoms with van der Waals surface area (Å²) in [5.74, 6) is 0.449. The van der Waals surface area contributed by atoms with Crippen LogP contribution in [0.3, 0.4) is 0 Å². The molecular weight excluding hydrogens is 172 g/mol. The molecule has 0 amide bonds. The highest BCUT2D eigenvalue weighted by molar-refractivity contribution is 5.85. The Morgan fingerprint density at radius 3 is 2.42 bits per heavy atom. The molecule has 0 saturated carbocycles. The molecule has 3 heteroatoms. The van der Waals surface area contributed by atoms with Crippen LogP contribution in [0.25, 0.3) is 0 Å². The SMILES string of the molecule is CC(C)[C@H](N)c1ccccn1.Cl. The molecule has 0 bridgehead atoms. The average molecular weight is 187 g/mol. The lowest BCUT2D eigenvalue weighted by molar-refractivity contribution is 0.503. The normalized spacial score (nSPS) is 12.3. The van der Waals surface area contributed by atoms with Gasteiger partial charge in [-0.1, -0.05) is 19.9 Å². The van der Waals surface area contributed by atoms with Crippen LogP contribution in [0.1, 0.15) is 25.6 Å². The predicted octanol–water partition coefficient (Wildman–Crippen LogP) is 2.16. The number of hydrogen-bond acceptors (Lipinski definition) is 2. The molecule has 1 atom stereocenters. The van der Waals surface area contributed by atoms with Crippen molar-refractivity contribution in [3.05, 3.63) is 30.1 Å². The number of rotatable bonds is 2. The lowest BCUT2D eigenvalue weighted by Crippen LogP contribution is -2.17. The van der Waals surface area contributed by atoms with E-state index in [2.05, 4.69) is 18.8 Å². The first kappa shape index (κ1) is 11.4. The van der Waals surface area contributed by atoms with Crippen molar-refractivity contribution in [3.8, 4) is 0 Å². The molecule has 0 aliphatic rings. The largest absolute Gasteiger partial charge is 0.322 e. The molecule has 0 saturated heterocycles. The molecule has 1 aromatic heterocycles. The lowest BCUT2D eigenvalue weighted by atomic mass is 10.0. The van der Waals surface area contributed by atoms with E-state index >= 15 is 0 Å². The van der Waals surface area contributed by atoms with Gasteiger partial charge in [-0.3, -0.25) is 4.98 Å². The van der Waals surface area contributed by atoms with Crippen LogP contribution in [0.4, 0.5) is 0 Å². The van der Waals surface area contributed by atoms with Crippen molar-refractivity contribution in [3.63, 3.8) is 0 Å². The summed E-state index contributed by atoms with van der Waals surface area (Å²) in [5, 5.41) is 0. The lowest BCUT2D eigenvalue weighted by Gasteiger charge is -2.13. The first-order chi connectivity index (χ1) is 5.22. The maximum absolute atomic E-state index is 5.88. The van der Waals surface area contributed by atoms with Crippen LogP contribution in [-0.4, -0.2) is 4.98 Å². The van der Waals surface area contributed by atoms with Crippen molar-refractivity contribution in [1.29, 1.82) is 0 Å². The molecule has 0 aliphatic heterocycles. The van der Waals surface area contributed by atoms with Gasteiger partial charge in [0.2, 0.25) is 0 Å². The Balaban J connectivity index is 0.00000121. The number of halogens is 1. The summed E-state index contributed by atoms with van der Waals surface area (Å²) in [6.07, 6.45) is 1.78. The van der Waals surface area contributed by atoms with E-state index in [1.807, 2.05) is 18.2 Å². The molecule has 2 N–H and O–H groups in total. The first-order valence-electron chi connectivity index (χ1n) is 3.88. The van der Waals surface area contributed by atoms with Crippen LogP contribution in [0.5, 0.6) is 0 Å². The van der Waals surface area contributed by atoms with Gasteiger partial charge < -0.3 is 5.73 Å². The molecule has 0 fully saturated rings. The summed E-state index contributed by atoms with van der Waals surface area (Å²) >= 11 is 0. The van der Waals surface area contributed by atoms with Gasteiger partial charge >= 0.3 is 0 Å². The van der Waals surface area contributed by atoms with E-state index in [0.29, 0.717) is 5.92 Å². The van der Waals surface area contributed by atoms with E-state index in [4.69, 9.17) is 5.73 Å². The van der Waals surface area contributed by atoms with Crippen LogP contribution < -0.4 is 5.73 Å². The van der Waals surface area contributed by atoms with E-state index in [-0.39, 0.29) is 18.4 Å². The molecule has 0 radical (unpaired) electrons. The zero-order valence-electron chi connectivity index (χ0n) is 7.40. The fourth-order valence-electron chi connectivity index (χ4n) is 0.915. The summed E-state index contributed by atoms with van der Waals surface area (Å²) in [5.41, 5.74) is 6.85. The van der Waals surface area contributed by atoms with Crippen molar-refractivity contribution in [2.24, 2.45) is 11.7 Å². The van der Waals surface area contributed by atoms with Gasteiger partial charge in [0, 0.05) is 12.2 Å². The molecule has 68 valence electrons. The van der Waals surface area contributed by atoms with Crippen LogP contribution in [0.2, 0.25) is 0 Å².